The molecular formula is C16H14ClN3O3S2. The quantitative estimate of drug-likeness (QED) is 0.735. The lowest BCUT2D eigenvalue weighted by Gasteiger charge is -2.08. The van der Waals surface area contributed by atoms with Crippen LogP contribution in [0, 0.1) is 6.92 Å². The van der Waals surface area contributed by atoms with E-state index in [-0.39, 0.29) is 9.77 Å². The van der Waals surface area contributed by atoms with Gasteiger partial charge in [0.25, 0.3) is 15.6 Å². The number of hydrogen-bond acceptors (Lipinski definition) is 5. The van der Waals surface area contributed by atoms with E-state index in [4.69, 9.17) is 11.6 Å². The van der Waals surface area contributed by atoms with Gasteiger partial charge in [-0.1, -0.05) is 17.7 Å². The van der Waals surface area contributed by atoms with E-state index in [1.807, 2.05) is 6.92 Å². The minimum Gasteiger partial charge on any atom is -0.277 e. The molecule has 0 radical (unpaired) electrons. The molecule has 1 aromatic carbocycles. The summed E-state index contributed by atoms with van der Waals surface area (Å²) in [4.78, 5) is 11.4. The highest BCUT2D eigenvalue weighted by molar-refractivity contribution is 7.94. The first-order chi connectivity index (χ1) is 11.8. The van der Waals surface area contributed by atoms with Gasteiger partial charge in [0.15, 0.2) is 0 Å². The molecule has 0 spiro atoms. The zero-order chi connectivity index (χ0) is 18.2. The Morgan fingerprint density at radius 1 is 1.20 bits per heavy atom. The van der Waals surface area contributed by atoms with Gasteiger partial charge in [0.1, 0.15) is 4.21 Å². The van der Waals surface area contributed by atoms with Crippen molar-refractivity contribution in [2.24, 2.45) is 7.05 Å². The molecule has 0 fully saturated rings. The van der Waals surface area contributed by atoms with Crippen molar-refractivity contribution in [1.82, 2.24) is 9.78 Å². The molecule has 0 aliphatic rings. The minimum absolute atomic E-state index is 0.134. The standard InChI is InChI=1S/C16H14ClN3O3S2/c1-10-3-4-14(12(17)7-10)19-25(22,23)16-8-11(9-24-16)13-5-6-15(21)20(2)18-13/h3-9,19H,1-2H3. The first-order valence-electron chi connectivity index (χ1n) is 7.18. The molecule has 0 amide bonds. The van der Waals surface area contributed by atoms with Crippen molar-refractivity contribution in [2.45, 2.75) is 11.1 Å². The molecule has 0 aliphatic carbocycles. The minimum atomic E-state index is -3.77. The van der Waals surface area contributed by atoms with Crippen LogP contribution >= 0.6 is 22.9 Å². The number of rotatable bonds is 4. The molecule has 25 heavy (non-hydrogen) atoms. The first-order valence-corrected chi connectivity index (χ1v) is 9.92. The second-order valence-corrected chi connectivity index (χ2v) is 8.65. The fourth-order valence-corrected chi connectivity index (χ4v) is 4.74. The Labute approximate surface area is 153 Å². The SMILES string of the molecule is Cc1ccc(NS(=O)(=O)c2cc(-c3ccc(=O)n(C)n3)cs2)c(Cl)c1. The van der Waals surface area contributed by atoms with E-state index >= 15 is 0 Å². The van der Waals surface area contributed by atoms with Gasteiger partial charge < -0.3 is 0 Å². The van der Waals surface area contributed by atoms with Crippen molar-refractivity contribution in [3.63, 3.8) is 0 Å². The normalized spacial score (nSPS) is 11.5. The fourth-order valence-electron chi connectivity index (χ4n) is 2.15. The van der Waals surface area contributed by atoms with Crippen molar-refractivity contribution in [3.8, 4) is 11.3 Å². The van der Waals surface area contributed by atoms with E-state index in [0.29, 0.717) is 22.0 Å². The molecule has 0 unspecified atom stereocenters. The molecule has 6 nitrogen and oxygen atoms in total. The summed E-state index contributed by atoms with van der Waals surface area (Å²) in [7, 11) is -2.23. The maximum Gasteiger partial charge on any atom is 0.271 e. The number of anilines is 1. The van der Waals surface area contributed by atoms with E-state index in [9.17, 15) is 13.2 Å². The first kappa shape index (κ1) is 17.7. The van der Waals surface area contributed by atoms with Gasteiger partial charge in [-0.05, 0) is 36.8 Å². The molecular weight excluding hydrogens is 382 g/mol. The third kappa shape index (κ3) is 3.76. The Kier molecular flexibility index (Phi) is 4.68. The van der Waals surface area contributed by atoms with Gasteiger partial charge in [0.2, 0.25) is 0 Å². The highest BCUT2D eigenvalue weighted by Crippen LogP contribution is 2.30. The second kappa shape index (κ2) is 6.62. The second-order valence-electron chi connectivity index (χ2n) is 5.42. The van der Waals surface area contributed by atoms with Crippen molar-refractivity contribution in [3.05, 3.63) is 62.7 Å². The number of aromatic nitrogens is 2. The molecule has 0 bridgehead atoms. The molecule has 130 valence electrons. The van der Waals surface area contributed by atoms with Crippen LogP contribution in [-0.4, -0.2) is 18.2 Å². The Morgan fingerprint density at radius 3 is 2.64 bits per heavy atom. The average Bonchev–Trinajstić information content (AvgIpc) is 3.04. The van der Waals surface area contributed by atoms with Crippen LogP contribution in [0.5, 0.6) is 0 Å². The molecule has 3 rings (SSSR count). The van der Waals surface area contributed by atoms with Crippen LogP contribution in [0.15, 0.2) is 50.8 Å². The Bertz CT molecular complexity index is 1100. The van der Waals surface area contributed by atoms with Crippen molar-refractivity contribution in [1.29, 1.82) is 0 Å². The summed E-state index contributed by atoms with van der Waals surface area (Å²) >= 11 is 7.16. The topological polar surface area (TPSA) is 81.1 Å². The van der Waals surface area contributed by atoms with Crippen LogP contribution in [-0.2, 0) is 17.1 Å². The van der Waals surface area contributed by atoms with E-state index in [1.54, 1.807) is 29.6 Å². The number of sulfonamides is 1. The lowest BCUT2D eigenvalue weighted by atomic mass is 10.2. The predicted octanol–water partition coefficient (Wildman–Crippen LogP) is 3.27. The van der Waals surface area contributed by atoms with E-state index < -0.39 is 10.0 Å². The summed E-state index contributed by atoms with van der Waals surface area (Å²) in [6.45, 7) is 1.87. The van der Waals surface area contributed by atoms with Gasteiger partial charge in [-0.2, -0.15) is 5.10 Å². The van der Waals surface area contributed by atoms with Gasteiger partial charge >= 0.3 is 0 Å². The molecule has 3 aromatic rings. The zero-order valence-electron chi connectivity index (χ0n) is 13.4. The highest BCUT2D eigenvalue weighted by atomic mass is 35.5. The van der Waals surface area contributed by atoms with Crippen LogP contribution in [0.2, 0.25) is 5.02 Å². The highest BCUT2D eigenvalue weighted by Gasteiger charge is 2.19. The van der Waals surface area contributed by atoms with Gasteiger partial charge in [-0.15, -0.1) is 11.3 Å². The molecule has 2 aromatic heterocycles. The maximum absolute atomic E-state index is 12.6. The Morgan fingerprint density at radius 2 is 1.96 bits per heavy atom. The Balaban J connectivity index is 1.92. The Hall–Kier alpha value is -2.16. The monoisotopic (exact) mass is 395 g/mol. The van der Waals surface area contributed by atoms with Crippen molar-refractivity contribution >= 4 is 38.6 Å². The number of nitrogens with zero attached hydrogens (tertiary/aromatic N) is 2. The van der Waals surface area contributed by atoms with Gasteiger partial charge in [0, 0.05) is 24.1 Å². The number of hydrogen-bond donors (Lipinski definition) is 1. The van der Waals surface area contributed by atoms with Gasteiger partial charge in [0.05, 0.1) is 16.4 Å². The summed E-state index contributed by atoms with van der Waals surface area (Å²) in [6, 6.07) is 9.55. The molecule has 9 heteroatoms. The molecule has 0 aliphatic heterocycles. The van der Waals surface area contributed by atoms with Crippen LogP contribution < -0.4 is 10.3 Å². The van der Waals surface area contributed by atoms with Crippen molar-refractivity contribution in [2.75, 3.05) is 4.72 Å². The molecule has 2 heterocycles. The van der Waals surface area contributed by atoms with Crippen LogP contribution in [0.1, 0.15) is 5.56 Å². The third-order valence-electron chi connectivity index (χ3n) is 3.47. The van der Waals surface area contributed by atoms with E-state index in [1.165, 1.54) is 23.9 Å². The summed E-state index contributed by atoms with van der Waals surface area (Å²) in [5.74, 6) is 0. The van der Waals surface area contributed by atoms with E-state index in [0.717, 1.165) is 16.9 Å². The molecule has 0 atom stereocenters. The summed E-state index contributed by atoms with van der Waals surface area (Å²) < 4.78 is 29.0. The van der Waals surface area contributed by atoms with Crippen LogP contribution in [0.3, 0.4) is 0 Å². The third-order valence-corrected chi connectivity index (χ3v) is 6.58. The smallest absolute Gasteiger partial charge is 0.271 e. The molecule has 0 saturated heterocycles. The summed E-state index contributed by atoms with van der Waals surface area (Å²) in [6.07, 6.45) is 0. The molecule has 0 saturated carbocycles. The predicted molar refractivity (Wildman–Crippen MR) is 99.8 cm³/mol. The number of halogens is 1. The fraction of sp³-hybridized carbons (Fsp3) is 0.125. The largest absolute Gasteiger partial charge is 0.277 e. The number of benzene rings is 1. The lowest BCUT2D eigenvalue weighted by molar-refractivity contribution is 0.603. The van der Waals surface area contributed by atoms with Gasteiger partial charge in [-0.3, -0.25) is 9.52 Å². The van der Waals surface area contributed by atoms with Gasteiger partial charge in [-0.25, -0.2) is 13.1 Å². The van der Waals surface area contributed by atoms with Crippen LogP contribution in [0.4, 0.5) is 5.69 Å². The zero-order valence-corrected chi connectivity index (χ0v) is 15.7. The maximum atomic E-state index is 12.6. The average molecular weight is 396 g/mol. The number of nitrogens with one attached hydrogen (secondary N) is 1. The number of thiophene rings is 1. The van der Waals surface area contributed by atoms with E-state index in [2.05, 4.69) is 9.82 Å². The van der Waals surface area contributed by atoms with Crippen molar-refractivity contribution < 1.29 is 8.42 Å². The summed E-state index contributed by atoms with van der Waals surface area (Å²) in [5.41, 5.74) is 2.17. The number of aryl methyl sites for hydroxylation is 2. The van der Waals surface area contributed by atoms with Crippen LogP contribution in [0.25, 0.3) is 11.3 Å². The molecule has 1 N–H and O–H groups in total. The lowest BCUT2D eigenvalue weighted by Crippen LogP contribution is -2.18. The summed E-state index contributed by atoms with van der Waals surface area (Å²) in [5, 5.41) is 6.13.